The van der Waals surface area contributed by atoms with Gasteiger partial charge < -0.3 is 14.4 Å². The van der Waals surface area contributed by atoms with E-state index in [-0.39, 0.29) is 19.0 Å². The van der Waals surface area contributed by atoms with Crippen LogP contribution in [0.3, 0.4) is 0 Å². The average molecular weight is 545 g/mol. The van der Waals surface area contributed by atoms with Crippen molar-refractivity contribution >= 4 is 33.2 Å². The smallest absolute Gasteiger partial charge is 0.419 e. The quantitative estimate of drug-likeness (QED) is 0.519. The first-order valence-electron chi connectivity index (χ1n) is 13.9. The number of likely N-dealkylation sites (tertiary alicyclic amines) is 1. The number of piperidine rings is 1. The maximum Gasteiger partial charge on any atom is 0.419 e. The zero-order valence-corrected chi connectivity index (χ0v) is 22.5. The van der Waals surface area contributed by atoms with Gasteiger partial charge in [-0.15, -0.1) is 0 Å². The summed E-state index contributed by atoms with van der Waals surface area (Å²) in [6.45, 7) is 2.07. The van der Waals surface area contributed by atoms with Crippen LogP contribution >= 0.6 is 0 Å². The highest BCUT2D eigenvalue weighted by Gasteiger charge is 2.44. The number of ether oxygens (including phenoxy) is 2. The van der Waals surface area contributed by atoms with Crippen LogP contribution < -0.4 is 0 Å². The number of carbonyl (C=O) groups is 2. The van der Waals surface area contributed by atoms with Gasteiger partial charge in [-0.1, -0.05) is 12.8 Å². The molecular formula is C27H36N4O6S. The van der Waals surface area contributed by atoms with Gasteiger partial charge in [0.15, 0.2) is 0 Å². The zero-order chi connectivity index (χ0) is 26.3. The van der Waals surface area contributed by atoms with Crippen LogP contribution in [0.25, 0.3) is 11.0 Å². The molecule has 0 unspecified atom stereocenters. The van der Waals surface area contributed by atoms with Crippen LogP contribution in [-0.4, -0.2) is 84.0 Å². The van der Waals surface area contributed by atoms with Crippen LogP contribution in [-0.2, 0) is 19.5 Å². The van der Waals surface area contributed by atoms with Crippen LogP contribution in [0.1, 0.15) is 62.8 Å². The number of rotatable bonds is 7. The van der Waals surface area contributed by atoms with E-state index in [0.717, 1.165) is 36.6 Å². The lowest BCUT2D eigenvalue weighted by Crippen LogP contribution is -2.60. The lowest BCUT2D eigenvalue weighted by molar-refractivity contribution is 0.0565. The lowest BCUT2D eigenvalue weighted by atomic mass is 9.86. The van der Waals surface area contributed by atoms with Crippen molar-refractivity contribution in [1.29, 1.82) is 0 Å². The number of aromatic nitrogens is 2. The van der Waals surface area contributed by atoms with E-state index in [1.54, 1.807) is 10.5 Å². The molecule has 0 N–H and O–H groups in total. The van der Waals surface area contributed by atoms with Gasteiger partial charge in [-0.2, -0.15) is 0 Å². The number of fused-ring (bicyclic) bond motifs is 1. The fourth-order valence-electron chi connectivity index (χ4n) is 5.81. The third kappa shape index (κ3) is 4.90. The predicted molar refractivity (Wildman–Crippen MR) is 140 cm³/mol. The van der Waals surface area contributed by atoms with Crippen LogP contribution in [0.5, 0.6) is 0 Å². The molecule has 0 bridgehead atoms. The molecule has 6 rings (SSSR count). The Morgan fingerprint density at radius 2 is 1.55 bits per heavy atom. The highest BCUT2D eigenvalue weighted by atomic mass is 32.2. The average Bonchev–Trinajstić information content (AvgIpc) is 3.21. The van der Waals surface area contributed by atoms with Crippen molar-refractivity contribution in [1.82, 2.24) is 18.8 Å². The molecule has 4 fully saturated rings. The summed E-state index contributed by atoms with van der Waals surface area (Å²) in [6.07, 6.45) is 10.8. The molecule has 0 atom stereocenters. The maximum absolute atomic E-state index is 13.2. The van der Waals surface area contributed by atoms with Gasteiger partial charge in [-0.05, 0) is 74.0 Å². The van der Waals surface area contributed by atoms with Crippen molar-refractivity contribution in [3.8, 4) is 0 Å². The summed E-state index contributed by atoms with van der Waals surface area (Å²) >= 11 is 0. The largest absolute Gasteiger partial charge is 0.449 e. The number of nitrogens with zero attached hydrogens (tertiary/aromatic N) is 4. The van der Waals surface area contributed by atoms with Gasteiger partial charge in [-0.25, -0.2) is 31.9 Å². The summed E-state index contributed by atoms with van der Waals surface area (Å²) < 4.78 is 40.4. The van der Waals surface area contributed by atoms with Crippen molar-refractivity contribution < 1.29 is 27.5 Å². The van der Waals surface area contributed by atoms with E-state index in [2.05, 4.69) is 4.98 Å². The summed E-state index contributed by atoms with van der Waals surface area (Å²) in [6, 6.07) is 3.82. The second-order valence-corrected chi connectivity index (χ2v) is 13.5. The number of amides is 1. The molecule has 2 aliphatic heterocycles. The fraction of sp³-hybridized carbons (Fsp3) is 0.667. The molecule has 0 spiro atoms. The number of sulfonamides is 1. The van der Waals surface area contributed by atoms with Crippen molar-refractivity contribution in [2.24, 2.45) is 11.8 Å². The molecule has 2 aromatic rings. The predicted octanol–water partition coefficient (Wildman–Crippen LogP) is 3.95. The summed E-state index contributed by atoms with van der Waals surface area (Å²) in [5.41, 5.74) is 1.59. The van der Waals surface area contributed by atoms with Gasteiger partial charge in [0.05, 0.1) is 13.2 Å². The van der Waals surface area contributed by atoms with Gasteiger partial charge in [0.25, 0.3) is 0 Å². The van der Waals surface area contributed by atoms with E-state index in [4.69, 9.17) is 9.47 Å². The van der Waals surface area contributed by atoms with Crippen LogP contribution in [0.15, 0.2) is 24.5 Å². The normalized spacial score (nSPS) is 22.1. The second-order valence-electron chi connectivity index (χ2n) is 11.3. The van der Waals surface area contributed by atoms with Crippen molar-refractivity contribution in [3.63, 3.8) is 0 Å². The Labute approximate surface area is 223 Å². The fourth-order valence-corrected chi connectivity index (χ4v) is 7.69. The maximum atomic E-state index is 13.2. The molecule has 2 saturated carbocycles. The molecule has 2 aromatic heterocycles. The second kappa shape index (κ2) is 10.5. The molecule has 206 valence electrons. The van der Waals surface area contributed by atoms with Gasteiger partial charge in [0.1, 0.15) is 10.9 Å². The molecule has 2 aliphatic carbocycles. The minimum Gasteiger partial charge on any atom is -0.449 e. The van der Waals surface area contributed by atoms with E-state index in [0.29, 0.717) is 56.6 Å². The van der Waals surface area contributed by atoms with E-state index in [1.807, 2.05) is 18.3 Å². The Bertz CT molecular complexity index is 1290. The number of hydrogen-bond acceptors (Lipinski definition) is 7. The minimum absolute atomic E-state index is 0.119. The number of hydrogen-bond donors (Lipinski definition) is 0. The topological polar surface area (TPSA) is 111 Å². The molecule has 0 aromatic carbocycles. The first-order valence-corrected chi connectivity index (χ1v) is 15.4. The molecule has 4 aliphatic rings. The SMILES string of the molecule is O=C(OCC1CCC1)N1CC(S(=O)(=O)N2CCC(c3cn(C(=O)OCC4CCC4)c4ncccc34)CC2)C1. The van der Waals surface area contributed by atoms with E-state index in [9.17, 15) is 18.0 Å². The third-order valence-electron chi connectivity index (χ3n) is 8.91. The molecule has 1 amide bonds. The van der Waals surface area contributed by atoms with Crippen molar-refractivity contribution in [2.45, 2.75) is 62.5 Å². The highest BCUT2D eigenvalue weighted by molar-refractivity contribution is 7.89. The van der Waals surface area contributed by atoms with Crippen LogP contribution in [0, 0.1) is 11.8 Å². The molecule has 2 saturated heterocycles. The van der Waals surface area contributed by atoms with Crippen molar-refractivity contribution in [2.75, 3.05) is 39.4 Å². The van der Waals surface area contributed by atoms with Crippen LogP contribution in [0.4, 0.5) is 9.59 Å². The Balaban J connectivity index is 1.05. The Morgan fingerprint density at radius 1 is 0.921 bits per heavy atom. The first kappa shape index (κ1) is 25.6. The molecule has 10 nitrogen and oxygen atoms in total. The summed E-state index contributed by atoms with van der Waals surface area (Å²) in [7, 11) is -3.49. The van der Waals surface area contributed by atoms with Gasteiger partial charge in [0, 0.05) is 44.0 Å². The molecule has 0 radical (unpaired) electrons. The number of pyridine rings is 1. The Morgan fingerprint density at radius 3 is 2.16 bits per heavy atom. The molecular weight excluding hydrogens is 508 g/mol. The first-order chi connectivity index (χ1) is 18.4. The molecule has 11 heteroatoms. The highest BCUT2D eigenvalue weighted by Crippen LogP contribution is 2.36. The van der Waals surface area contributed by atoms with Gasteiger partial charge in [-0.3, -0.25) is 0 Å². The molecule has 38 heavy (non-hydrogen) atoms. The Hall–Kier alpha value is -2.66. The van der Waals surface area contributed by atoms with E-state index >= 15 is 0 Å². The third-order valence-corrected chi connectivity index (χ3v) is 11.1. The summed E-state index contributed by atoms with van der Waals surface area (Å²) in [4.78, 5) is 31.0. The van der Waals surface area contributed by atoms with E-state index in [1.165, 1.54) is 22.3 Å². The monoisotopic (exact) mass is 544 g/mol. The van der Waals surface area contributed by atoms with Crippen LogP contribution in [0.2, 0.25) is 0 Å². The standard InChI is InChI=1S/C27H36N4O6S/c32-26(36-17-19-4-1-5-19)29-14-22(15-29)38(34,35)30-12-9-21(10-13-30)24-16-31(25-23(24)8-3-11-28-25)27(33)37-18-20-6-2-7-20/h3,8,11,16,19-22H,1-2,4-7,9-10,12-15,17-18H2. The minimum atomic E-state index is -3.49. The van der Waals surface area contributed by atoms with Gasteiger partial charge >= 0.3 is 12.2 Å². The summed E-state index contributed by atoms with van der Waals surface area (Å²) in [5, 5.41) is 0.330. The van der Waals surface area contributed by atoms with Crippen molar-refractivity contribution in [3.05, 3.63) is 30.1 Å². The zero-order valence-electron chi connectivity index (χ0n) is 21.7. The van der Waals surface area contributed by atoms with Gasteiger partial charge in [0.2, 0.25) is 10.0 Å². The summed E-state index contributed by atoms with van der Waals surface area (Å²) in [5.74, 6) is 1.04. The number of carbonyl (C=O) groups excluding carboxylic acids is 2. The van der Waals surface area contributed by atoms with E-state index < -0.39 is 27.5 Å². The lowest BCUT2D eigenvalue weighted by Gasteiger charge is -2.41. The Kier molecular flexibility index (Phi) is 7.07. The molecule has 4 heterocycles.